The molecule has 174 valence electrons. The number of aryl methyl sites for hydroxylation is 1. The van der Waals surface area contributed by atoms with Crippen molar-refractivity contribution in [2.45, 2.75) is 65.3 Å². The number of aliphatic hydroxyl groups is 1. The Kier molecular flexibility index (Phi) is 7.37. The number of nitrogens with zero attached hydrogens (tertiary/aromatic N) is 2. The highest BCUT2D eigenvalue weighted by Crippen LogP contribution is 2.29. The van der Waals surface area contributed by atoms with E-state index in [1.807, 2.05) is 64.4 Å². The molecule has 1 aromatic carbocycles. The topological polar surface area (TPSA) is 94.6 Å². The van der Waals surface area contributed by atoms with E-state index in [2.05, 4.69) is 15.6 Å². The van der Waals surface area contributed by atoms with Crippen LogP contribution in [-0.4, -0.2) is 58.6 Å². The van der Waals surface area contributed by atoms with Crippen molar-refractivity contribution < 1.29 is 14.7 Å². The number of rotatable bonds is 6. The molecule has 2 aromatic rings. The van der Waals surface area contributed by atoms with Crippen LogP contribution in [0.4, 0.5) is 0 Å². The number of thiazole rings is 1. The second-order valence-corrected chi connectivity index (χ2v) is 10.5. The average molecular weight is 459 g/mol. The Labute approximate surface area is 194 Å². The van der Waals surface area contributed by atoms with Crippen molar-refractivity contribution in [1.29, 1.82) is 0 Å². The minimum Gasteiger partial charge on any atom is -0.391 e. The molecule has 0 aliphatic carbocycles. The molecule has 1 aliphatic rings. The molecule has 1 aromatic heterocycles. The summed E-state index contributed by atoms with van der Waals surface area (Å²) in [4.78, 5) is 33.3. The summed E-state index contributed by atoms with van der Waals surface area (Å²) in [7, 11) is 1.74. The molecule has 4 atom stereocenters. The summed E-state index contributed by atoms with van der Waals surface area (Å²) < 4.78 is 0. The van der Waals surface area contributed by atoms with Crippen molar-refractivity contribution in [3.8, 4) is 10.4 Å². The molecular weight excluding hydrogens is 424 g/mol. The van der Waals surface area contributed by atoms with Gasteiger partial charge in [0.2, 0.25) is 11.8 Å². The zero-order chi connectivity index (χ0) is 23.6. The van der Waals surface area contributed by atoms with E-state index in [-0.39, 0.29) is 36.2 Å². The SMILES string of the molecule is CN[C@H](C(=O)N1C[C@H](O)C[C@H]1C(=O)N[C@@H](C)c1ccc(-c2scnc2C)cc1)C(C)(C)C. The van der Waals surface area contributed by atoms with Crippen molar-refractivity contribution in [2.24, 2.45) is 5.41 Å². The van der Waals surface area contributed by atoms with Gasteiger partial charge >= 0.3 is 0 Å². The van der Waals surface area contributed by atoms with Crippen LogP contribution in [0.25, 0.3) is 10.4 Å². The third-order valence-corrected chi connectivity index (χ3v) is 7.02. The van der Waals surface area contributed by atoms with Crippen LogP contribution in [0.5, 0.6) is 0 Å². The minimum atomic E-state index is -0.704. The van der Waals surface area contributed by atoms with Crippen molar-refractivity contribution >= 4 is 23.2 Å². The first-order valence-corrected chi connectivity index (χ1v) is 11.9. The summed E-state index contributed by atoms with van der Waals surface area (Å²) in [5.41, 5.74) is 4.60. The summed E-state index contributed by atoms with van der Waals surface area (Å²) in [5, 5.41) is 16.3. The van der Waals surface area contributed by atoms with Crippen molar-refractivity contribution in [3.63, 3.8) is 0 Å². The highest BCUT2D eigenvalue weighted by Gasteiger charge is 2.43. The van der Waals surface area contributed by atoms with E-state index in [1.54, 1.807) is 18.4 Å². The molecule has 2 amide bonds. The minimum absolute atomic E-state index is 0.159. The van der Waals surface area contributed by atoms with Gasteiger partial charge in [-0.05, 0) is 37.4 Å². The quantitative estimate of drug-likeness (QED) is 0.619. The first-order valence-electron chi connectivity index (χ1n) is 11.0. The van der Waals surface area contributed by atoms with Crippen LogP contribution in [0, 0.1) is 12.3 Å². The lowest BCUT2D eigenvalue weighted by atomic mass is 9.86. The van der Waals surface area contributed by atoms with Crippen LogP contribution in [0.15, 0.2) is 29.8 Å². The predicted molar refractivity (Wildman–Crippen MR) is 127 cm³/mol. The Morgan fingerprint density at radius 1 is 1.25 bits per heavy atom. The maximum absolute atomic E-state index is 13.2. The second kappa shape index (κ2) is 9.68. The third-order valence-electron chi connectivity index (χ3n) is 6.04. The first kappa shape index (κ1) is 24.4. The largest absolute Gasteiger partial charge is 0.391 e. The van der Waals surface area contributed by atoms with Crippen LogP contribution >= 0.6 is 11.3 Å². The molecular formula is C24H34N4O3S. The summed E-state index contributed by atoms with van der Waals surface area (Å²) in [6.07, 6.45) is -0.460. The van der Waals surface area contributed by atoms with Crippen LogP contribution in [-0.2, 0) is 9.59 Å². The number of hydrogen-bond donors (Lipinski definition) is 3. The number of aromatic nitrogens is 1. The van der Waals surface area contributed by atoms with E-state index in [0.29, 0.717) is 0 Å². The summed E-state index contributed by atoms with van der Waals surface area (Å²) in [6, 6.07) is 6.73. The Morgan fingerprint density at radius 2 is 1.91 bits per heavy atom. The number of nitrogens with one attached hydrogen (secondary N) is 2. The molecule has 1 aliphatic heterocycles. The fourth-order valence-electron chi connectivity index (χ4n) is 4.29. The molecule has 1 fully saturated rings. The van der Waals surface area contributed by atoms with Gasteiger partial charge in [-0.25, -0.2) is 4.98 Å². The number of carbonyl (C=O) groups excluding carboxylic acids is 2. The standard InChI is InChI=1S/C24H34N4O3S/c1-14(16-7-9-17(10-8-16)20-15(2)26-13-32-20)27-22(30)19-11-18(29)12-28(19)23(31)21(25-6)24(3,4)5/h7-10,13-14,18-19,21,25,29H,11-12H2,1-6H3,(H,27,30)/t14-,18+,19-,21+/m0/s1. The number of likely N-dealkylation sites (tertiary alicyclic amines) is 1. The molecule has 8 heteroatoms. The zero-order valence-electron chi connectivity index (χ0n) is 19.7. The van der Waals surface area contributed by atoms with E-state index in [4.69, 9.17) is 0 Å². The highest BCUT2D eigenvalue weighted by molar-refractivity contribution is 7.13. The fraction of sp³-hybridized carbons (Fsp3) is 0.542. The number of amides is 2. The lowest BCUT2D eigenvalue weighted by molar-refractivity contribution is -0.142. The van der Waals surface area contributed by atoms with Gasteiger partial charge in [0.1, 0.15) is 6.04 Å². The van der Waals surface area contributed by atoms with Gasteiger partial charge in [-0.15, -0.1) is 11.3 Å². The van der Waals surface area contributed by atoms with Gasteiger partial charge in [0.25, 0.3) is 0 Å². The van der Waals surface area contributed by atoms with Crippen molar-refractivity contribution in [1.82, 2.24) is 20.5 Å². The maximum Gasteiger partial charge on any atom is 0.243 e. The fourth-order valence-corrected chi connectivity index (χ4v) is 5.11. The maximum atomic E-state index is 13.2. The van der Waals surface area contributed by atoms with Crippen LogP contribution in [0.1, 0.15) is 51.4 Å². The molecule has 0 spiro atoms. The monoisotopic (exact) mass is 458 g/mol. The number of benzene rings is 1. The van der Waals surface area contributed by atoms with Gasteiger partial charge in [0.15, 0.2) is 0 Å². The second-order valence-electron chi connectivity index (χ2n) is 9.60. The number of likely N-dealkylation sites (N-methyl/N-ethyl adjacent to an activating group) is 1. The third kappa shape index (κ3) is 5.19. The van der Waals surface area contributed by atoms with E-state index in [9.17, 15) is 14.7 Å². The Hall–Kier alpha value is -2.29. The van der Waals surface area contributed by atoms with Crippen molar-refractivity contribution in [3.05, 3.63) is 41.0 Å². The van der Waals surface area contributed by atoms with Gasteiger partial charge in [-0.2, -0.15) is 0 Å². The molecule has 0 unspecified atom stereocenters. The highest BCUT2D eigenvalue weighted by atomic mass is 32.1. The molecule has 0 radical (unpaired) electrons. The van der Waals surface area contributed by atoms with Crippen LogP contribution < -0.4 is 10.6 Å². The van der Waals surface area contributed by atoms with E-state index < -0.39 is 18.2 Å². The van der Waals surface area contributed by atoms with Crippen LogP contribution in [0.2, 0.25) is 0 Å². The van der Waals surface area contributed by atoms with Gasteiger partial charge < -0.3 is 20.6 Å². The molecule has 7 nitrogen and oxygen atoms in total. The van der Waals surface area contributed by atoms with Gasteiger partial charge in [0.05, 0.1) is 34.3 Å². The zero-order valence-corrected chi connectivity index (χ0v) is 20.5. The number of β-amino-alcohol motifs (C(OH)–C–C–N with tert-alkyl or cyclic N) is 1. The predicted octanol–water partition coefficient (Wildman–Crippen LogP) is 2.89. The van der Waals surface area contributed by atoms with Gasteiger partial charge in [-0.1, -0.05) is 45.0 Å². The number of aliphatic hydroxyl groups excluding tert-OH is 1. The summed E-state index contributed by atoms with van der Waals surface area (Å²) in [5.74, 6) is -0.401. The van der Waals surface area contributed by atoms with Gasteiger partial charge in [-0.3, -0.25) is 9.59 Å². The first-order chi connectivity index (χ1) is 15.0. The Bertz CT molecular complexity index is 951. The lowest BCUT2D eigenvalue weighted by Gasteiger charge is -2.34. The lowest BCUT2D eigenvalue weighted by Crippen LogP contribution is -2.56. The van der Waals surface area contributed by atoms with Gasteiger partial charge in [0, 0.05) is 13.0 Å². The van der Waals surface area contributed by atoms with Crippen molar-refractivity contribution in [2.75, 3.05) is 13.6 Å². The summed E-state index contributed by atoms with van der Waals surface area (Å²) in [6.45, 7) is 10.0. The van der Waals surface area contributed by atoms with E-state index in [1.165, 1.54) is 4.90 Å². The Morgan fingerprint density at radius 3 is 2.44 bits per heavy atom. The molecule has 1 saturated heterocycles. The molecule has 0 bridgehead atoms. The molecule has 2 heterocycles. The number of carbonyl (C=O) groups is 2. The normalized spacial score (nSPS) is 20.8. The smallest absolute Gasteiger partial charge is 0.243 e. The summed E-state index contributed by atoms with van der Waals surface area (Å²) >= 11 is 1.61. The van der Waals surface area contributed by atoms with E-state index in [0.717, 1.165) is 21.7 Å². The molecule has 32 heavy (non-hydrogen) atoms. The average Bonchev–Trinajstić information content (AvgIpc) is 3.33. The molecule has 3 rings (SSSR count). The van der Waals surface area contributed by atoms with E-state index >= 15 is 0 Å². The molecule has 3 N–H and O–H groups in total. The number of hydrogen-bond acceptors (Lipinski definition) is 6. The van der Waals surface area contributed by atoms with Crippen LogP contribution in [0.3, 0.4) is 0 Å². The Balaban J connectivity index is 1.70. The molecule has 0 saturated carbocycles.